The van der Waals surface area contributed by atoms with Crippen molar-refractivity contribution in [2.45, 2.75) is 44.3 Å². The van der Waals surface area contributed by atoms with E-state index in [1.807, 2.05) is 36.6 Å². The quantitative estimate of drug-likeness (QED) is 0.326. The molecule has 0 heterocycles. The number of amides is 3. The van der Waals surface area contributed by atoms with Crippen LogP contribution in [0.4, 0.5) is 0 Å². The third kappa shape index (κ3) is 8.38. The van der Waals surface area contributed by atoms with Crippen LogP contribution in [0, 0.1) is 0 Å². The summed E-state index contributed by atoms with van der Waals surface area (Å²) in [5.41, 5.74) is 6.27. The molecule has 0 aliphatic rings. The molecule has 0 aliphatic heterocycles. The molecule has 2 rings (SSSR count). The first-order chi connectivity index (χ1) is 15.6. The summed E-state index contributed by atoms with van der Waals surface area (Å²) < 4.78 is 0. The summed E-state index contributed by atoms with van der Waals surface area (Å²) in [4.78, 5) is 48.3. The molecular formula is C24H29N4O5. The minimum absolute atomic E-state index is 0.109. The number of nitrogens with one attached hydrogen (secondary N) is 3. The highest BCUT2D eigenvalue weighted by molar-refractivity contribution is 5.92. The molecule has 3 amide bonds. The number of phenolic OH excluding ortho intramolecular Hbond substituents is 1. The van der Waals surface area contributed by atoms with Crippen molar-refractivity contribution in [2.24, 2.45) is 5.73 Å². The lowest BCUT2D eigenvalue weighted by Crippen LogP contribution is -2.54. The first-order valence-corrected chi connectivity index (χ1v) is 10.5. The van der Waals surface area contributed by atoms with Crippen molar-refractivity contribution in [3.63, 3.8) is 0 Å². The number of benzene rings is 2. The van der Waals surface area contributed by atoms with Crippen LogP contribution in [0.3, 0.4) is 0 Å². The minimum Gasteiger partial charge on any atom is -0.508 e. The predicted octanol–water partition coefficient (Wildman–Crippen LogP) is 0.110. The molecule has 1 radical (unpaired) electrons. The fourth-order valence-electron chi connectivity index (χ4n) is 3.15. The second-order valence-electron chi connectivity index (χ2n) is 8.07. The lowest BCUT2D eigenvalue weighted by molar-refractivity contribution is -0.130. The molecule has 0 fully saturated rings. The van der Waals surface area contributed by atoms with Crippen molar-refractivity contribution in [1.82, 2.24) is 16.0 Å². The van der Waals surface area contributed by atoms with E-state index in [2.05, 4.69) is 16.0 Å². The van der Waals surface area contributed by atoms with Crippen molar-refractivity contribution in [3.8, 4) is 5.75 Å². The highest BCUT2D eigenvalue weighted by Crippen LogP contribution is 2.12. The number of hydrogen-bond donors (Lipinski definition) is 5. The average molecular weight is 454 g/mol. The van der Waals surface area contributed by atoms with Crippen LogP contribution in [0.5, 0.6) is 5.75 Å². The second kappa shape index (κ2) is 11.8. The Kier molecular flexibility index (Phi) is 9.11. The van der Waals surface area contributed by atoms with E-state index in [0.717, 1.165) is 11.1 Å². The van der Waals surface area contributed by atoms with Gasteiger partial charge in [0.05, 0.1) is 12.6 Å². The van der Waals surface area contributed by atoms with Gasteiger partial charge < -0.3 is 26.8 Å². The number of nitrogens with two attached hydrogens (primary N) is 1. The van der Waals surface area contributed by atoms with E-state index in [1.165, 1.54) is 19.1 Å². The molecule has 0 bridgehead atoms. The fourth-order valence-corrected chi connectivity index (χ4v) is 3.15. The first kappa shape index (κ1) is 25.5. The van der Waals surface area contributed by atoms with Gasteiger partial charge in [0, 0.05) is 6.42 Å². The zero-order chi connectivity index (χ0) is 24.4. The van der Waals surface area contributed by atoms with Crippen molar-refractivity contribution >= 4 is 24.0 Å². The van der Waals surface area contributed by atoms with Crippen molar-refractivity contribution < 1.29 is 24.3 Å². The lowest BCUT2D eigenvalue weighted by atomic mass is 9.94. The summed E-state index contributed by atoms with van der Waals surface area (Å²) in [6, 6.07) is 13.6. The largest absolute Gasteiger partial charge is 0.508 e. The van der Waals surface area contributed by atoms with Crippen molar-refractivity contribution in [2.75, 3.05) is 6.54 Å². The third-order valence-corrected chi connectivity index (χ3v) is 4.95. The van der Waals surface area contributed by atoms with Crippen LogP contribution in [-0.2, 0) is 32.0 Å². The van der Waals surface area contributed by atoms with Crippen molar-refractivity contribution in [1.29, 1.82) is 0 Å². The summed E-state index contributed by atoms with van der Waals surface area (Å²) in [5, 5.41) is 16.8. The molecule has 0 aliphatic carbocycles. The number of aromatic hydroxyl groups is 1. The topological polar surface area (TPSA) is 151 Å². The number of phenols is 1. The fraction of sp³-hybridized carbons (Fsp3) is 0.333. The van der Waals surface area contributed by atoms with Gasteiger partial charge in [0.25, 0.3) is 0 Å². The van der Waals surface area contributed by atoms with E-state index in [-0.39, 0.29) is 25.1 Å². The molecular weight excluding hydrogens is 424 g/mol. The molecule has 6 N–H and O–H groups in total. The molecule has 9 nitrogen and oxygen atoms in total. The van der Waals surface area contributed by atoms with Gasteiger partial charge in [0.15, 0.2) is 0 Å². The number of carbonyl (C=O) groups excluding carboxylic acids is 4. The molecule has 9 heteroatoms. The van der Waals surface area contributed by atoms with E-state index in [9.17, 15) is 24.3 Å². The maximum atomic E-state index is 12.3. The van der Waals surface area contributed by atoms with Gasteiger partial charge in [-0.05, 0) is 43.5 Å². The van der Waals surface area contributed by atoms with Crippen LogP contribution < -0.4 is 21.7 Å². The van der Waals surface area contributed by atoms with Crippen LogP contribution in [0.2, 0.25) is 0 Å². The standard InChI is InChI=1S/C24H29N4O5/c1-16(27-23(33)20(25)12-17-8-10-19(30)11-9-17)22(32)26-14-21(31)28-24(2,15-29)13-18-6-4-3-5-7-18/h3-11,16,20,30H,12-14,25H2,1-2H3,(H,26,32)(H,27,33)(H,28,31)/t16-,20+,24+/m1/s1. The smallest absolute Gasteiger partial charge is 0.242 e. The Bertz CT molecular complexity index is 965. The Labute approximate surface area is 192 Å². The highest BCUT2D eigenvalue weighted by atomic mass is 16.3. The number of hydrogen-bond acceptors (Lipinski definition) is 6. The molecule has 0 unspecified atom stereocenters. The maximum Gasteiger partial charge on any atom is 0.242 e. The Morgan fingerprint density at radius 3 is 2.27 bits per heavy atom. The summed E-state index contributed by atoms with van der Waals surface area (Å²) in [7, 11) is 0. The van der Waals surface area contributed by atoms with E-state index < -0.39 is 35.3 Å². The van der Waals surface area contributed by atoms with Gasteiger partial charge in [-0.3, -0.25) is 19.2 Å². The third-order valence-electron chi connectivity index (χ3n) is 4.95. The Hall–Kier alpha value is -3.72. The van der Waals surface area contributed by atoms with Crippen molar-refractivity contribution in [3.05, 3.63) is 65.7 Å². The molecule has 0 saturated carbocycles. The Morgan fingerprint density at radius 2 is 1.67 bits per heavy atom. The Balaban J connectivity index is 1.79. The van der Waals surface area contributed by atoms with Crippen LogP contribution in [-0.4, -0.2) is 53.3 Å². The Morgan fingerprint density at radius 1 is 1.03 bits per heavy atom. The first-order valence-electron chi connectivity index (χ1n) is 10.5. The summed E-state index contributed by atoms with van der Waals surface area (Å²) in [6.45, 7) is 2.65. The van der Waals surface area contributed by atoms with Gasteiger partial charge in [0.2, 0.25) is 24.0 Å². The van der Waals surface area contributed by atoms with Gasteiger partial charge in [-0.25, -0.2) is 0 Å². The van der Waals surface area contributed by atoms with E-state index in [1.54, 1.807) is 19.1 Å². The summed E-state index contributed by atoms with van der Waals surface area (Å²) in [6.07, 6.45) is 2.33. The molecule has 2 aromatic carbocycles. The van der Waals surface area contributed by atoms with Gasteiger partial charge in [-0.1, -0.05) is 42.5 Å². The SMILES string of the molecule is C[C@@H](NC(=O)[C@@H](N)Cc1ccc(O)cc1)C(=O)NCC(=O)N[C@](C)([C]=O)Cc1ccccc1. The molecule has 0 saturated heterocycles. The molecule has 2 aromatic rings. The normalized spacial score (nSPS) is 14.3. The molecule has 33 heavy (non-hydrogen) atoms. The van der Waals surface area contributed by atoms with E-state index in [4.69, 9.17) is 5.73 Å². The molecule has 3 atom stereocenters. The number of carbonyl (C=O) groups is 3. The lowest BCUT2D eigenvalue weighted by Gasteiger charge is -2.24. The number of rotatable bonds is 11. The van der Waals surface area contributed by atoms with E-state index in [0.29, 0.717) is 0 Å². The van der Waals surface area contributed by atoms with Gasteiger partial charge in [0.1, 0.15) is 17.3 Å². The monoisotopic (exact) mass is 453 g/mol. The van der Waals surface area contributed by atoms with Crippen LogP contribution in [0.25, 0.3) is 0 Å². The molecule has 0 spiro atoms. The average Bonchev–Trinajstić information content (AvgIpc) is 2.79. The summed E-state index contributed by atoms with van der Waals surface area (Å²) >= 11 is 0. The van der Waals surface area contributed by atoms with Crippen LogP contribution in [0.15, 0.2) is 54.6 Å². The predicted molar refractivity (Wildman–Crippen MR) is 123 cm³/mol. The zero-order valence-corrected chi connectivity index (χ0v) is 18.6. The van der Waals surface area contributed by atoms with Gasteiger partial charge in [-0.15, -0.1) is 0 Å². The summed E-state index contributed by atoms with van der Waals surface area (Å²) in [5.74, 6) is -1.55. The molecule has 0 aromatic heterocycles. The van der Waals surface area contributed by atoms with E-state index >= 15 is 0 Å². The van der Waals surface area contributed by atoms with Gasteiger partial charge in [-0.2, -0.15) is 0 Å². The zero-order valence-electron chi connectivity index (χ0n) is 18.6. The maximum absolute atomic E-state index is 12.3. The van der Waals surface area contributed by atoms with Crippen LogP contribution in [0.1, 0.15) is 25.0 Å². The highest BCUT2D eigenvalue weighted by Gasteiger charge is 2.28. The molecule has 175 valence electrons. The second-order valence-corrected chi connectivity index (χ2v) is 8.07. The van der Waals surface area contributed by atoms with Gasteiger partial charge >= 0.3 is 0 Å². The van der Waals surface area contributed by atoms with Crippen LogP contribution >= 0.6 is 0 Å². The minimum atomic E-state index is -1.25.